The van der Waals surface area contributed by atoms with Crippen molar-refractivity contribution >= 4 is 0 Å². The number of nitrogens with one attached hydrogen (secondary N) is 1. The largest absolute Gasteiger partial charge is 0.253 e. The molecule has 0 saturated heterocycles. The highest BCUT2D eigenvalue weighted by Crippen LogP contribution is 2.06. The van der Waals surface area contributed by atoms with Crippen LogP contribution in [0.3, 0.4) is 0 Å². The minimum absolute atomic E-state index is 0.910. The second kappa shape index (κ2) is 12.7. The third kappa shape index (κ3) is 7.28. The zero-order valence-electron chi connectivity index (χ0n) is 17.5. The molecular weight excluding hydrogens is 342 g/mol. The Bertz CT molecular complexity index is 688. The van der Waals surface area contributed by atoms with Gasteiger partial charge < -0.3 is 0 Å². The lowest BCUT2D eigenvalue weighted by Crippen LogP contribution is -2.02. The Kier molecular flexibility index (Phi) is 10.6. The molecule has 0 unspecified atom stereocenters. The Morgan fingerprint density at radius 3 is 1.93 bits per heavy atom. The summed E-state index contributed by atoms with van der Waals surface area (Å²) < 4.78 is 3.80. The molecule has 0 amide bonds. The molecule has 0 saturated carbocycles. The van der Waals surface area contributed by atoms with Gasteiger partial charge in [-0.2, -0.15) is 15.4 Å². The van der Waals surface area contributed by atoms with Crippen LogP contribution in [0.2, 0.25) is 0 Å². The smallest absolute Gasteiger partial charge is 0.0856 e. The van der Waals surface area contributed by atoms with Crippen molar-refractivity contribution in [1.82, 2.24) is 45.4 Å². The summed E-state index contributed by atoms with van der Waals surface area (Å²) in [4.78, 5) is 0. The highest BCUT2D eigenvalue weighted by Gasteiger charge is 2.06. The molecule has 1 N–H and O–H groups in total. The first-order valence-corrected chi connectivity index (χ1v) is 9.77. The number of hydrogen-bond donors (Lipinski definition) is 1. The van der Waals surface area contributed by atoms with Crippen molar-refractivity contribution in [3.8, 4) is 0 Å². The summed E-state index contributed by atoms with van der Waals surface area (Å²) in [7, 11) is 0. The molecule has 0 aliphatic carbocycles. The van der Waals surface area contributed by atoms with E-state index in [4.69, 9.17) is 0 Å². The average Bonchev–Trinajstić information content (AvgIpc) is 3.48. The predicted octanol–water partition coefficient (Wildman–Crippen LogP) is 2.65. The maximum absolute atomic E-state index is 4.09. The zero-order valence-corrected chi connectivity index (χ0v) is 17.5. The molecule has 0 aliphatic heterocycles. The lowest BCUT2D eigenvalue weighted by Gasteiger charge is -2.00. The number of aryl methyl sites for hydroxylation is 5. The van der Waals surface area contributed by atoms with Crippen LogP contribution in [0.1, 0.15) is 64.3 Å². The maximum Gasteiger partial charge on any atom is 0.0856 e. The molecule has 9 nitrogen and oxygen atoms in total. The van der Waals surface area contributed by atoms with Gasteiger partial charge in [-0.15, -0.1) is 10.2 Å². The highest BCUT2D eigenvalue weighted by atomic mass is 15.4. The first-order valence-electron chi connectivity index (χ1n) is 9.77. The topological polar surface area (TPSA) is 103 Å². The van der Waals surface area contributed by atoms with Gasteiger partial charge in [-0.3, -0.25) is 4.68 Å². The summed E-state index contributed by atoms with van der Waals surface area (Å²) in [5, 5.41) is 25.9. The van der Waals surface area contributed by atoms with Crippen molar-refractivity contribution in [2.24, 2.45) is 0 Å². The van der Waals surface area contributed by atoms with Crippen molar-refractivity contribution in [1.29, 1.82) is 0 Å². The van der Waals surface area contributed by atoms with Crippen molar-refractivity contribution < 1.29 is 0 Å². The van der Waals surface area contributed by atoms with Crippen LogP contribution in [0.15, 0.2) is 12.4 Å². The lowest BCUT2D eigenvalue weighted by molar-refractivity contribution is 0.601. The second-order valence-corrected chi connectivity index (χ2v) is 5.74. The molecule has 0 bridgehead atoms. The number of aromatic amines is 1. The van der Waals surface area contributed by atoms with Gasteiger partial charge in [0.2, 0.25) is 0 Å². The van der Waals surface area contributed by atoms with E-state index in [-0.39, 0.29) is 0 Å². The van der Waals surface area contributed by atoms with Gasteiger partial charge >= 0.3 is 0 Å². The van der Waals surface area contributed by atoms with Gasteiger partial charge in [-0.05, 0) is 39.5 Å². The standard InChI is InChI=1S/C8H15N3.C6H11N3.C4H7N3/c1-4-7-8(5-2)11(6-3)10-9-7;1-3-6-5-9(4-2)8-7-6;1-2-4-3-5-7-6-4/h4-6H2,1-3H3;5H,3-4H2,1-2H3;3H,2H2,1H3,(H,5,6,7). The Balaban J connectivity index is 0.000000208. The van der Waals surface area contributed by atoms with Gasteiger partial charge in [-0.25, -0.2) is 4.68 Å². The van der Waals surface area contributed by atoms with Crippen LogP contribution >= 0.6 is 0 Å². The Labute approximate surface area is 161 Å². The van der Waals surface area contributed by atoms with Crippen molar-refractivity contribution in [2.75, 3.05) is 0 Å². The quantitative estimate of drug-likeness (QED) is 0.710. The predicted molar refractivity (Wildman–Crippen MR) is 105 cm³/mol. The number of hydrogen-bond acceptors (Lipinski definition) is 6. The van der Waals surface area contributed by atoms with E-state index in [0.717, 1.165) is 55.9 Å². The van der Waals surface area contributed by atoms with E-state index >= 15 is 0 Å². The molecule has 0 radical (unpaired) electrons. The minimum Gasteiger partial charge on any atom is -0.253 e. The van der Waals surface area contributed by atoms with E-state index in [0.29, 0.717) is 0 Å². The van der Waals surface area contributed by atoms with Gasteiger partial charge in [0.15, 0.2) is 0 Å². The summed E-state index contributed by atoms with van der Waals surface area (Å²) in [6, 6.07) is 0. The minimum atomic E-state index is 0.910. The highest BCUT2D eigenvalue weighted by molar-refractivity contribution is 5.09. The molecule has 0 spiro atoms. The average molecular weight is 376 g/mol. The van der Waals surface area contributed by atoms with E-state index in [1.807, 2.05) is 29.4 Å². The fourth-order valence-corrected chi connectivity index (χ4v) is 2.33. The van der Waals surface area contributed by atoms with Gasteiger partial charge in [0.25, 0.3) is 0 Å². The molecule has 3 aromatic rings. The molecule has 3 heterocycles. The molecular formula is C18H33N9. The molecule has 0 aliphatic rings. The van der Waals surface area contributed by atoms with Gasteiger partial charge in [0.05, 0.1) is 29.0 Å². The molecule has 3 aromatic heterocycles. The van der Waals surface area contributed by atoms with E-state index in [1.54, 1.807) is 6.20 Å². The summed E-state index contributed by atoms with van der Waals surface area (Å²) in [5.74, 6) is 0. The molecule has 0 atom stereocenters. The SMILES string of the molecule is CCc1cn(CC)nn1.CCc1cn[nH]n1.CCc1nnn(CC)c1CC. The van der Waals surface area contributed by atoms with Crippen LogP contribution in [0, 0.1) is 0 Å². The maximum atomic E-state index is 4.09. The number of H-pyrrole nitrogens is 1. The fraction of sp³-hybridized carbons (Fsp3) is 0.667. The van der Waals surface area contributed by atoms with Crippen LogP contribution in [0.25, 0.3) is 0 Å². The molecule has 150 valence electrons. The monoisotopic (exact) mass is 375 g/mol. The van der Waals surface area contributed by atoms with E-state index < -0.39 is 0 Å². The lowest BCUT2D eigenvalue weighted by atomic mass is 10.2. The molecule has 27 heavy (non-hydrogen) atoms. The number of rotatable bonds is 6. The third-order valence-corrected chi connectivity index (χ3v) is 3.99. The van der Waals surface area contributed by atoms with Gasteiger partial charge in [0.1, 0.15) is 0 Å². The van der Waals surface area contributed by atoms with Gasteiger partial charge in [-0.1, -0.05) is 38.1 Å². The molecule has 0 aromatic carbocycles. The van der Waals surface area contributed by atoms with Crippen molar-refractivity contribution in [3.05, 3.63) is 35.2 Å². The third-order valence-electron chi connectivity index (χ3n) is 3.99. The first-order chi connectivity index (χ1) is 13.1. The van der Waals surface area contributed by atoms with Crippen LogP contribution in [-0.2, 0) is 38.8 Å². The zero-order chi connectivity index (χ0) is 20.1. The van der Waals surface area contributed by atoms with Crippen molar-refractivity contribution in [2.45, 2.75) is 80.3 Å². The summed E-state index contributed by atoms with van der Waals surface area (Å²) in [6.45, 7) is 14.3. The van der Waals surface area contributed by atoms with Crippen LogP contribution < -0.4 is 0 Å². The van der Waals surface area contributed by atoms with Gasteiger partial charge in [0, 0.05) is 19.3 Å². The fourth-order valence-electron chi connectivity index (χ4n) is 2.33. The van der Waals surface area contributed by atoms with Crippen LogP contribution in [0.4, 0.5) is 0 Å². The Morgan fingerprint density at radius 1 is 0.815 bits per heavy atom. The molecule has 9 heteroatoms. The van der Waals surface area contributed by atoms with E-state index in [9.17, 15) is 0 Å². The summed E-state index contributed by atoms with van der Waals surface area (Å²) in [5.41, 5.74) is 4.52. The summed E-state index contributed by atoms with van der Waals surface area (Å²) in [6.07, 6.45) is 7.64. The van der Waals surface area contributed by atoms with Crippen molar-refractivity contribution in [3.63, 3.8) is 0 Å². The van der Waals surface area contributed by atoms with Crippen LogP contribution in [0.5, 0.6) is 0 Å². The number of nitrogens with zero attached hydrogens (tertiary/aromatic N) is 8. The second-order valence-electron chi connectivity index (χ2n) is 5.74. The Hall–Kier alpha value is -2.58. The molecule has 3 rings (SSSR count). The normalized spacial score (nSPS) is 10.0. The van der Waals surface area contributed by atoms with E-state index in [2.05, 4.69) is 63.7 Å². The summed E-state index contributed by atoms with van der Waals surface area (Å²) >= 11 is 0. The van der Waals surface area contributed by atoms with E-state index in [1.165, 1.54) is 5.69 Å². The number of aromatic nitrogens is 9. The molecule has 0 fully saturated rings. The first kappa shape index (κ1) is 22.5. The Morgan fingerprint density at radius 2 is 1.56 bits per heavy atom. The van der Waals surface area contributed by atoms with Crippen LogP contribution in [-0.4, -0.2) is 45.4 Å².